The predicted molar refractivity (Wildman–Crippen MR) is 52.7 cm³/mol. The van der Waals surface area contributed by atoms with Crippen LogP contribution in [0.3, 0.4) is 0 Å². The molecule has 4 nitrogen and oxygen atoms in total. The van der Waals surface area contributed by atoms with Crippen LogP contribution in [0.15, 0.2) is 11.2 Å². The minimum atomic E-state index is -0.961. The van der Waals surface area contributed by atoms with Gasteiger partial charge in [0.05, 0.1) is 0 Å². The highest BCUT2D eigenvalue weighted by Crippen LogP contribution is 2.38. The number of rotatable bonds is 3. The number of carboxylic acids is 1. The van der Waals surface area contributed by atoms with Gasteiger partial charge in [-0.3, -0.25) is 0 Å². The maximum absolute atomic E-state index is 10.8. The van der Waals surface area contributed by atoms with E-state index < -0.39 is 5.97 Å². The molecule has 0 atom stereocenters. The van der Waals surface area contributed by atoms with Crippen molar-refractivity contribution in [3.05, 3.63) is 17.6 Å². The van der Waals surface area contributed by atoms with Crippen LogP contribution >= 0.6 is 11.8 Å². The van der Waals surface area contributed by atoms with Crippen LogP contribution in [0, 0.1) is 0 Å². The lowest BCUT2D eigenvalue weighted by Crippen LogP contribution is -2.04. The van der Waals surface area contributed by atoms with Gasteiger partial charge in [0.2, 0.25) is 0 Å². The summed E-state index contributed by atoms with van der Waals surface area (Å²) in [4.78, 5) is 19.1. The Kier molecular flexibility index (Phi) is 2.41. The first kappa shape index (κ1) is 9.45. The zero-order chi connectivity index (χ0) is 10.1. The lowest BCUT2D eigenvalue weighted by Gasteiger charge is -2.03. The molecule has 5 heteroatoms. The summed E-state index contributed by atoms with van der Waals surface area (Å²) in [6.45, 7) is 0. The SMILES string of the molecule is CSc1nc(C2CC2)ncc1C(=O)O. The van der Waals surface area contributed by atoms with E-state index in [-0.39, 0.29) is 5.56 Å². The molecule has 1 N–H and O–H groups in total. The Bertz CT molecular complexity index is 377. The van der Waals surface area contributed by atoms with Gasteiger partial charge in [-0.05, 0) is 19.1 Å². The Hall–Kier alpha value is -1.10. The molecule has 1 saturated carbocycles. The molecule has 0 saturated heterocycles. The van der Waals surface area contributed by atoms with Gasteiger partial charge >= 0.3 is 5.97 Å². The van der Waals surface area contributed by atoms with Crippen LogP contribution in [0.2, 0.25) is 0 Å². The van der Waals surface area contributed by atoms with Crippen molar-refractivity contribution in [2.75, 3.05) is 6.26 Å². The van der Waals surface area contributed by atoms with Crippen LogP contribution in [0.25, 0.3) is 0 Å². The second kappa shape index (κ2) is 3.57. The lowest BCUT2D eigenvalue weighted by atomic mass is 10.3. The Labute approximate surface area is 85.8 Å². The summed E-state index contributed by atoms with van der Waals surface area (Å²) >= 11 is 1.35. The second-order valence-electron chi connectivity index (χ2n) is 3.23. The summed E-state index contributed by atoms with van der Waals surface area (Å²) in [6.07, 6.45) is 5.49. The van der Waals surface area contributed by atoms with E-state index in [1.807, 2.05) is 6.26 Å². The molecule has 1 fully saturated rings. The van der Waals surface area contributed by atoms with Crippen LogP contribution in [-0.2, 0) is 0 Å². The van der Waals surface area contributed by atoms with Crippen LogP contribution in [-0.4, -0.2) is 27.3 Å². The monoisotopic (exact) mass is 210 g/mol. The standard InChI is InChI=1S/C9H10N2O2S/c1-14-8-6(9(12)13)4-10-7(11-8)5-2-3-5/h4-5H,2-3H2,1H3,(H,12,13). The van der Waals surface area contributed by atoms with E-state index >= 15 is 0 Å². The first-order chi connectivity index (χ1) is 6.72. The first-order valence-corrected chi connectivity index (χ1v) is 5.59. The maximum atomic E-state index is 10.8. The van der Waals surface area contributed by atoms with Gasteiger partial charge in [0, 0.05) is 12.1 Å². The zero-order valence-electron chi connectivity index (χ0n) is 7.73. The van der Waals surface area contributed by atoms with E-state index in [1.54, 1.807) is 0 Å². The van der Waals surface area contributed by atoms with Gasteiger partial charge in [0.1, 0.15) is 16.4 Å². The van der Waals surface area contributed by atoms with Crippen molar-refractivity contribution >= 4 is 17.7 Å². The highest BCUT2D eigenvalue weighted by atomic mass is 32.2. The fourth-order valence-electron chi connectivity index (χ4n) is 1.22. The third-order valence-corrected chi connectivity index (χ3v) is 2.84. The maximum Gasteiger partial charge on any atom is 0.340 e. The summed E-state index contributed by atoms with van der Waals surface area (Å²) in [7, 11) is 0. The average Bonchev–Trinajstić information content (AvgIpc) is 3.00. The number of hydrogen-bond acceptors (Lipinski definition) is 4. The van der Waals surface area contributed by atoms with Gasteiger partial charge in [0.25, 0.3) is 0 Å². The molecule has 1 aliphatic rings. The van der Waals surface area contributed by atoms with Crippen molar-refractivity contribution in [3.63, 3.8) is 0 Å². The topological polar surface area (TPSA) is 63.1 Å². The highest BCUT2D eigenvalue weighted by molar-refractivity contribution is 7.98. The van der Waals surface area contributed by atoms with E-state index in [0.717, 1.165) is 18.7 Å². The molecule has 0 radical (unpaired) electrons. The summed E-state index contributed by atoms with van der Waals surface area (Å²) < 4.78 is 0. The van der Waals surface area contributed by atoms with Crippen molar-refractivity contribution in [2.45, 2.75) is 23.8 Å². The van der Waals surface area contributed by atoms with Crippen molar-refractivity contribution in [1.82, 2.24) is 9.97 Å². The molecular formula is C9H10N2O2S. The highest BCUT2D eigenvalue weighted by Gasteiger charge is 2.27. The van der Waals surface area contributed by atoms with Crippen molar-refractivity contribution in [3.8, 4) is 0 Å². The number of hydrogen-bond donors (Lipinski definition) is 1. The predicted octanol–water partition coefficient (Wildman–Crippen LogP) is 1.77. The Balaban J connectivity index is 2.38. The van der Waals surface area contributed by atoms with Gasteiger partial charge in [0.15, 0.2) is 0 Å². The summed E-state index contributed by atoms with van der Waals surface area (Å²) in [5.74, 6) is 0.291. The molecule has 1 aliphatic carbocycles. The first-order valence-electron chi connectivity index (χ1n) is 4.36. The Morgan fingerprint density at radius 3 is 2.86 bits per heavy atom. The molecule has 74 valence electrons. The number of carboxylic acid groups (broad SMARTS) is 1. The number of aromatic carboxylic acids is 1. The molecule has 0 aromatic carbocycles. The molecule has 0 spiro atoms. The average molecular weight is 210 g/mol. The smallest absolute Gasteiger partial charge is 0.340 e. The Morgan fingerprint density at radius 2 is 2.36 bits per heavy atom. The molecule has 1 aromatic rings. The number of nitrogens with zero attached hydrogens (tertiary/aromatic N) is 2. The molecule has 0 unspecified atom stereocenters. The van der Waals surface area contributed by atoms with E-state index in [0.29, 0.717) is 10.9 Å². The van der Waals surface area contributed by atoms with E-state index in [2.05, 4.69) is 9.97 Å². The molecule has 0 bridgehead atoms. The second-order valence-corrected chi connectivity index (χ2v) is 4.03. The minimum absolute atomic E-state index is 0.196. The molecule has 0 aliphatic heterocycles. The van der Waals surface area contributed by atoms with Gasteiger partial charge in [-0.2, -0.15) is 0 Å². The fraction of sp³-hybridized carbons (Fsp3) is 0.444. The van der Waals surface area contributed by atoms with Crippen LogP contribution in [0.5, 0.6) is 0 Å². The van der Waals surface area contributed by atoms with Crippen molar-refractivity contribution in [1.29, 1.82) is 0 Å². The molecule has 1 heterocycles. The number of carbonyl (C=O) groups is 1. The lowest BCUT2D eigenvalue weighted by molar-refractivity contribution is 0.0691. The van der Waals surface area contributed by atoms with Gasteiger partial charge in [-0.15, -0.1) is 11.8 Å². The molecule has 2 rings (SSSR count). The number of thioether (sulfide) groups is 1. The van der Waals surface area contributed by atoms with Gasteiger partial charge in [-0.25, -0.2) is 14.8 Å². The minimum Gasteiger partial charge on any atom is -0.478 e. The molecular weight excluding hydrogens is 200 g/mol. The quantitative estimate of drug-likeness (QED) is 0.608. The molecule has 0 amide bonds. The Morgan fingerprint density at radius 1 is 1.64 bits per heavy atom. The fourth-order valence-corrected chi connectivity index (χ4v) is 1.76. The largest absolute Gasteiger partial charge is 0.478 e. The number of aromatic nitrogens is 2. The molecule has 1 aromatic heterocycles. The summed E-state index contributed by atoms with van der Waals surface area (Å²) in [6, 6.07) is 0. The van der Waals surface area contributed by atoms with Gasteiger partial charge in [-0.1, -0.05) is 0 Å². The third-order valence-electron chi connectivity index (χ3n) is 2.14. The van der Waals surface area contributed by atoms with Crippen LogP contribution in [0.4, 0.5) is 0 Å². The third kappa shape index (κ3) is 1.72. The van der Waals surface area contributed by atoms with Crippen LogP contribution < -0.4 is 0 Å². The molecule has 14 heavy (non-hydrogen) atoms. The van der Waals surface area contributed by atoms with E-state index in [9.17, 15) is 4.79 Å². The summed E-state index contributed by atoms with van der Waals surface area (Å²) in [5, 5.41) is 9.41. The van der Waals surface area contributed by atoms with Crippen molar-refractivity contribution in [2.24, 2.45) is 0 Å². The van der Waals surface area contributed by atoms with E-state index in [1.165, 1.54) is 18.0 Å². The normalized spacial score (nSPS) is 15.5. The van der Waals surface area contributed by atoms with Gasteiger partial charge < -0.3 is 5.11 Å². The van der Waals surface area contributed by atoms with E-state index in [4.69, 9.17) is 5.11 Å². The van der Waals surface area contributed by atoms with Crippen LogP contribution in [0.1, 0.15) is 34.9 Å². The van der Waals surface area contributed by atoms with Crippen molar-refractivity contribution < 1.29 is 9.90 Å². The summed E-state index contributed by atoms with van der Waals surface area (Å²) in [5.41, 5.74) is 0.196. The zero-order valence-corrected chi connectivity index (χ0v) is 8.54.